The predicted octanol–water partition coefficient (Wildman–Crippen LogP) is 0.524. The molecule has 0 spiro atoms. The molecule has 4 heteroatoms. The van der Waals surface area contributed by atoms with Gasteiger partial charge in [0.2, 0.25) is 0 Å². The number of ether oxygens (including phenoxy) is 1. The van der Waals surface area contributed by atoms with Crippen LogP contribution >= 0.6 is 0 Å². The second-order valence-corrected chi connectivity index (χ2v) is 3.67. The van der Waals surface area contributed by atoms with Crippen molar-refractivity contribution in [3.8, 4) is 0 Å². The van der Waals surface area contributed by atoms with Gasteiger partial charge in [0.1, 0.15) is 0 Å². The summed E-state index contributed by atoms with van der Waals surface area (Å²) < 4.78 is 7.30. The van der Waals surface area contributed by atoms with E-state index in [4.69, 9.17) is 4.74 Å². The fourth-order valence-corrected chi connectivity index (χ4v) is 1.66. The highest BCUT2D eigenvalue weighted by Crippen LogP contribution is 1.98. The largest absolute Gasteiger partial charge is 0.379 e. The fourth-order valence-electron chi connectivity index (χ4n) is 1.66. The van der Waals surface area contributed by atoms with E-state index in [1.54, 1.807) is 0 Å². The van der Waals surface area contributed by atoms with Crippen molar-refractivity contribution in [2.75, 3.05) is 32.8 Å². The zero-order valence-electron chi connectivity index (χ0n) is 8.65. The molecular weight excluding hydrogens is 178 g/mol. The Morgan fingerprint density at radius 3 is 2.79 bits per heavy atom. The molecule has 1 aliphatic rings. The van der Waals surface area contributed by atoms with Gasteiger partial charge in [-0.1, -0.05) is 0 Å². The van der Waals surface area contributed by atoms with Gasteiger partial charge in [-0.2, -0.15) is 5.10 Å². The molecule has 2 heterocycles. The zero-order chi connectivity index (χ0) is 9.80. The standard InChI is InChI=1S/C10H17N3O/c1-10-2-3-13(11-10)5-4-12-6-8-14-9-7-12/h2-3H,4-9H2,1H3. The van der Waals surface area contributed by atoms with Crippen molar-refractivity contribution in [3.63, 3.8) is 0 Å². The van der Waals surface area contributed by atoms with E-state index in [-0.39, 0.29) is 0 Å². The first kappa shape index (κ1) is 9.68. The monoisotopic (exact) mass is 195 g/mol. The van der Waals surface area contributed by atoms with Crippen molar-refractivity contribution in [1.82, 2.24) is 14.7 Å². The number of hydrogen-bond donors (Lipinski definition) is 0. The van der Waals surface area contributed by atoms with Crippen LogP contribution in [0.4, 0.5) is 0 Å². The first-order chi connectivity index (χ1) is 6.84. The SMILES string of the molecule is Cc1ccn(CCN2CCOCC2)n1. The molecule has 0 amide bonds. The van der Waals surface area contributed by atoms with E-state index >= 15 is 0 Å². The number of hydrogen-bond acceptors (Lipinski definition) is 3. The summed E-state index contributed by atoms with van der Waals surface area (Å²) >= 11 is 0. The Morgan fingerprint density at radius 1 is 1.36 bits per heavy atom. The van der Waals surface area contributed by atoms with E-state index in [1.165, 1.54) is 0 Å². The smallest absolute Gasteiger partial charge is 0.0594 e. The fraction of sp³-hybridized carbons (Fsp3) is 0.700. The van der Waals surface area contributed by atoms with Crippen LogP contribution in [0.25, 0.3) is 0 Å². The summed E-state index contributed by atoms with van der Waals surface area (Å²) in [6.07, 6.45) is 2.04. The van der Waals surface area contributed by atoms with E-state index in [1.807, 2.05) is 23.9 Å². The highest BCUT2D eigenvalue weighted by molar-refractivity contribution is 4.94. The van der Waals surface area contributed by atoms with Crippen molar-refractivity contribution in [2.24, 2.45) is 0 Å². The molecule has 0 aromatic carbocycles. The lowest BCUT2D eigenvalue weighted by molar-refractivity contribution is 0.0359. The number of morpholine rings is 1. The third-order valence-corrected chi connectivity index (χ3v) is 2.52. The van der Waals surface area contributed by atoms with Gasteiger partial charge in [0, 0.05) is 25.8 Å². The van der Waals surface area contributed by atoms with Crippen LogP contribution in [-0.4, -0.2) is 47.5 Å². The molecule has 0 bridgehead atoms. The molecule has 2 rings (SSSR count). The van der Waals surface area contributed by atoms with Gasteiger partial charge in [-0.25, -0.2) is 0 Å². The molecule has 1 aliphatic heterocycles. The average Bonchev–Trinajstić information content (AvgIpc) is 2.63. The molecule has 1 aromatic heterocycles. The molecule has 78 valence electrons. The molecule has 4 nitrogen and oxygen atoms in total. The van der Waals surface area contributed by atoms with Crippen LogP contribution in [0, 0.1) is 6.92 Å². The van der Waals surface area contributed by atoms with Gasteiger partial charge in [0.05, 0.1) is 25.5 Å². The van der Waals surface area contributed by atoms with Crippen LogP contribution in [-0.2, 0) is 11.3 Å². The summed E-state index contributed by atoms with van der Waals surface area (Å²) in [6.45, 7) is 7.93. The minimum absolute atomic E-state index is 0.873. The molecule has 1 fully saturated rings. The molecule has 1 saturated heterocycles. The van der Waals surface area contributed by atoms with Crippen LogP contribution in [0.1, 0.15) is 5.69 Å². The van der Waals surface area contributed by atoms with Crippen LogP contribution in [0.3, 0.4) is 0 Å². The molecule has 0 aliphatic carbocycles. The minimum Gasteiger partial charge on any atom is -0.379 e. The predicted molar refractivity (Wildman–Crippen MR) is 54.2 cm³/mol. The zero-order valence-corrected chi connectivity index (χ0v) is 8.65. The van der Waals surface area contributed by atoms with E-state index in [2.05, 4.69) is 10.00 Å². The van der Waals surface area contributed by atoms with Gasteiger partial charge in [-0.3, -0.25) is 9.58 Å². The minimum atomic E-state index is 0.873. The Hall–Kier alpha value is -0.870. The Morgan fingerprint density at radius 2 is 2.14 bits per heavy atom. The molecule has 0 radical (unpaired) electrons. The van der Waals surface area contributed by atoms with E-state index in [9.17, 15) is 0 Å². The van der Waals surface area contributed by atoms with Crippen molar-refractivity contribution < 1.29 is 4.74 Å². The van der Waals surface area contributed by atoms with Gasteiger partial charge in [0.15, 0.2) is 0 Å². The molecule has 0 unspecified atom stereocenters. The molecule has 1 aromatic rings. The second-order valence-electron chi connectivity index (χ2n) is 3.67. The van der Waals surface area contributed by atoms with Crippen LogP contribution in [0.5, 0.6) is 0 Å². The molecule has 0 saturated carbocycles. The van der Waals surface area contributed by atoms with Crippen molar-refractivity contribution in [2.45, 2.75) is 13.5 Å². The maximum absolute atomic E-state index is 5.29. The summed E-state index contributed by atoms with van der Waals surface area (Å²) in [4.78, 5) is 2.42. The van der Waals surface area contributed by atoms with Crippen LogP contribution < -0.4 is 0 Å². The lowest BCUT2D eigenvalue weighted by Crippen LogP contribution is -2.38. The van der Waals surface area contributed by atoms with Gasteiger partial charge in [-0.05, 0) is 13.0 Å². The van der Waals surface area contributed by atoms with Gasteiger partial charge < -0.3 is 4.74 Å². The molecule has 0 atom stereocenters. The van der Waals surface area contributed by atoms with E-state index in [0.717, 1.165) is 45.1 Å². The topological polar surface area (TPSA) is 30.3 Å². The summed E-state index contributed by atoms with van der Waals surface area (Å²) in [5.74, 6) is 0. The van der Waals surface area contributed by atoms with Gasteiger partial charge >= 0.3 is 0 Å². The number of aryl methyl sites for hydroxylation is 1. The van der Waals surface area contributed by atoms with Crippen LogP contribution in [0.2, 0.25) is 0 Å². The van der Waals surface area contributed by atoms with Crippen molar-refractivity contribution >= 4 is 0 Å². The van der Waals surface area contributed by atoms with Crippen LogP contribution in [0.15, 0.2) is 12.3 Å². The Bertz CT molecular complexity index is 279. The Labute approximate surface area is 84.5 Å². The quantitative estimate of drug-likeness (QED) is 0.704. The van der Waals surface area contributed by atoms with Crippen molar-refractivity contribution in [3.05, 3.63) is 18.0 Å². The second kappa shape index (κ2) is 4.57. The average molecular weight is 195 g/mol. The Kier molecular flexibility index (Phi) is 3.16. The molecular formula is C10H17N3O. The van der Waals surface area contributed by atoms with Gasteiger partial charge in [0.25, 0.3) is 0 Å². The number of nitrogens with zero attached hydrogens (tertiary/aromatic N) is 3. The number of aromatic nitrogens is 2. The molecule has 0 N–H and O–H groups in total. The lowest BCUT2D eigenvalue weighted by atomic mass is 10.4. The highest BCUT2D eigenvalue weighted by atomic mass is 16.5. The molecule has 14 heavy (non-hydrogen) atoms. The maximum Gasteiger partial charge on any atom is 0.0594 e. The first-order valence-electron chi connectivity index (χ1n) is 5.15. The third-order valence-electron chi connectivity index (χ3n) is 2.52. The first-order valence-corrected chi connectivity index (χ1v) is 5.15. The summed E-state index contributed by atoms with van der Waals surface area (Å²) in [7, 11) is 0. The van der Waals surface area contributed by atoms with E-state index in [0.29, 0.717) is 0 Å². The summed E-state index contributed by atoms with van der Waals surface area (Å²) in [5.41, 5.74) is 1.09. The lowest BCUT2D eigenvalue weighted by Gasteiger charge is -2.26. The summed E-state index contributed by atoms with van der Waals surface area (Å²) in [6, 6.07) is 2.04. The number of rotatable bonds is 3. The third kappa shape index (κ3) is 2.56. The Balaban J connectivity index is 1.76. The maximum atomic E-state index is 5.29. The van der Waals surface area contributed by atoms with Crippen molar-refractivity contribution in [1.29, 1.82) is 0 Å². The van der Waals surface area contributed by atoms with E-state index < -0.39 is 0 Å². The van der Waals surface area contributed by atoms with Gasteiger partial charge in [-0.15, -0.1) is 0 Å². The highest BCUT2D eigenvalue weighted by Gasteiger charge is 2.09. The normalized spacial score (nSPS) is 18.6. The summed E-state index contributed by atoms with van der Waals surface area (Å²) in [5, 5.41) is 4.35.